The zero-order valence-electron chi connectivity index (χ0n) is 19.5. The van der Waals surface area contributed by atoms with Crippen molar-refractivity contribution in [1.29, 1.82) is 5.26 Å². The molecule has 1 amide bonds. The molecule has 1 N–H and O–H groups in total. The second-order valence-electron chi connectivity index (χ2n) is 8.33. The summed E-state index contributed by atoms with van der Waals surface area (Å²) in [5.74, 6) is -1.47. The van der Waals surface area contributed by atoms with Crippen molar-refractivity contribution < 1.29 is 19.1 Å². The number of aromatic nitrogens is 1. The molecule has 4 rings (SSSR count). The van der Waals surface area contributed by atoms with Crippen LogP contribution in [0.1, 0.15) is 16.7 Å². The number of nitriles is 1. The minimum Gasteiger partial charge on any atom is -0.480 e. The van der Waals surface area contributed by atoms with Crippen LogP contribution in [0.3, 0.4) is 0 Å². The molecule has 0 atom stereocenters. The van der Waals surface area contributed by atoms with Gasteiger partial charge in [0.15, 0.2) is 0 Å². The number of amides is 1. The number of carbonyl (C=O) groups excluding carboxylic acids is 1. The highest BCUT2D eigenvalue weighted by molar-refractivity contribution is 8.26. The number of thiocarbonyl (C=S) groups is 1. The average molecular weight is 528 g/mol. The molecule has 0 unspecified atom stereocenters. The second-order valence-corrected chi connectivity index (χ2v) is 10.0. The first-order valence-electron chi connectivity index (χ1n) is 11.0. The van der Waals surface area contributed by atoms with Crippen LogP contribution in [0.15, 0.2) is 34.0 Å². The van der Waals surface area contributed by atoms with Crippen LogP contribution in [-0.4, -0.2) is 63.5 Å². The molecule has 3 heterocycles. The molecule has 1 aromatic carbocycles. The molecule has 0 aliphatic carbocycles. The number of nitrogens with zero attached hydrogens (tertiary/aromatic N) is 5. The molecule has 0 saturated carbocycles. The van der Waals surface area contributed by atoms with Crippen molar-refractivity contribution in [2.45, 2.75) is 6.92 Å². The van der Waals surface area contributed by atoms with Crippen LogP contribution in [0.4, 0.5) is 15.9 Å². The number of thioether (sulfide) groups is 1. The van der Waals surface area contributed by atoms with Crippen LogP contribution in [0.25, 0.3) is 6.08 Å². The van der Waals surface area contributed by atoms with Gasteiger partial charge in [0, 0.05) is 44.5 Å². The number of aliphatic carboxylic acids is 1. The Bertz CT molecular complexity index is 1390. The van der Waals surface area contributed by atoms with Crippen molar-refractivity contribution in [2.24, 2.45) is 7.05 Å². The van der Waals surface area contributed by atoms with Gasteiger partial charge in [0.2, 0.25) is 0 Å². The maximum Gasteiger partial charge on any atom is 0.323 e. The Kier molecular flexibility index (Phi) is 7.14. The molecule has 2 aliphatic rings. The first kappa shape index (κ1) is 25.4. The molecule has 2 aromatic rings. The highest BCUT2D eigenvalue weighted by Gasteiger charge is 2.34. The van der Waals surface area contributed by atoms with Crippen molar-refractivity contribution in [3.63, 3.8) is 0 Å². The fraction of sp³-hybridized carbons (Fsp3) is 0.292. The number of carboxylic acid groups (broad SMARTS) is 1. The normalized spacial score (nSPS) is 17.2. The molecule has 2 saturated heterocycles. The van der Waals surface area contributed by atoms with E-state index in [1.54, 1.807) is 32.2 Å². The lowest BCUT2D eigenvalue weighted by Crippen LogP contribution is -2.48. The van der Waals surface area contributed by atoms with E-state index in [4.69, 9.17) is 17.3 Å². The van der Waals surface area contributed by atoms with Crippen molar-refractivity contribution in [3.05, 3.63) is 62.0 Å². The van der Waals surface area contributed by atoms with E-state index in [1.165, 1.54) is 16.7 Å². The summed E-state index contributed by atoms with van der Waals surface area (Å²) in [6, 6.07) is 8.22. The number of rotatable bonds is 5. The number of hydrogen-bond donors (Lipinski definition) is 1. The Morgan fingerprint density at radius 2 is 1.81 bits per heavy atom. The van der Waals surface area contributed by atoms with Crippen LogP contribution in [-0.2, 0) is 16.6 Å². The molecule has 0 spiro atoms. The lowest BCUT2D eigenvalue weighted by atomic mass is 10.0. The molecule has 2 aliphatic heterocycles. The smallest absolute Gasteiger partial charge is 0.323 e. The predicted molar refractivity (Wildman–Crippen MR) is 139 cm³/mol. The van der Waals surface area contributed by atoms with E-state index < -0.39 is 24.0 Å². The molecule has 2 fully saturated rings. The van der Waals surface area contributed by atoms with E-state index >= 15 is 0 Å². The molecule has 36 heavy (non-hydrogen) atoms. The van der Waals surface area contributed by atoms with Gasteiger partial charge in [-0.05, 0) is 42.8 Å². The monoisotopic (exact) mass is 527 g/mol. The van der Waals surface area contributed by atoms with Gasteiger partial charge in [-0.15, -0.1) is 0 Å². The van der Waals surface area contributed by atoms with E-state index in [2.05, 4.69) is 4.90 Å². The molecule has 0 bridgehead atoms. The van der Waals surface area contributed by atoms with Crippen LogP contribution in [0.2, 0.25) is 0 Å². The molecule has 1 aromatic heterocycles. The number of hydrogen-bond acceptors (Lipinski definition) is 8. The van der Waals surface area contributed by atoms with Gasteiger partial charge in [0.1, 0.15) is 34.1 Å². The Balaban J connectivity index is 1.72. The standard InChI is InChI=1S/C24H22FN5O4S2/c1-14-17(11-19-23(34)30(13-20(31)32)24(35)36-19)21(27(2)22(33)18(14)12-26)29-9-7-28(8-10-29)16-5-3-15(25)4-6-16/h3-6,11H,7-10,13H2,1-2H3,(H,31,32). The van der Waals surface area contributed by atoms with Gasteiger partial charge in [0.25, 0.3) is 11.5 Å². The summed E-state index contributed by atoms with van der Waals surface area (Å²) in [4.78, 5) is 42.4. The summed E-state index contributed by atoms with van der Waals surface area (Å²) in [6.45, 7) is 3.41. The number of pyridine rings is 1. The van der Waals surface area contributed by atoms with E-state index in [0.29, 0.717) is 43.1 Å². The summed E-state index contributed by atoms with van der Waals surface area (Å²) in [6.07, 6.45) is 1.58. The van der Waals surface area contributed by atoms with E-state index in [1.807, 2.05) is 11.0 Å². The quantitative estimate of drug-likeness (QED) is 0.463. The first-order valence-corrected chi connectivity index (χ1v) is 12.2. The van der Waals surface area contributed by atoms with Gasteiger partial charge in [-0.2, -0.15) is 5.26 Å². The van der Waals surface area contributed by atoms with Gasteiger partial charge in [0.05, 0.1) is 4.91 Å². The minimum absolute atomic E-state index is 0.0292. The third-order valence-electron chi connectivity index (χ3n) is 6.18. The topological polar surface area (TPSA) is 110 Å². The van der Waals surface area contributed by atoms with Gasteiger partial charge in [-0.25, -0.2) is 4.39 Å². The number of halogens is 1. The van der Waals surface area contributed by atoms with Crippen LogP contribution in [0, 0.1) is 24.1 Å². The minimum atomic E-state index is -1.18. The molecular formula is C24H22FN5O4S2. The van der Waals surface area contributed by atoms with Gasteiger partial charge in [-0.1, -0.05) is 24.0 Å². The number of piperazine rings is 1. The molecule has 0 radical (unpaired) electrons. The number of benzene rings is 1. The zero-order valence-corrected chi connectivity index (χ0v) is 21.2. The summed E-state index contributed by atoms with van der Waals surface area (Å²) >= 11 is 6.18. The number of anilines is 2. The molecule has 186 valence electrons. The van der Waals surface area contributed by atoms with Crippen LogP contribution >= 0.6 is 24.0 Å². The maximum atomic E-state index is 13.3. The van der Waals surface area contributed by atoms with E-state index in [-0.39, 0.29) is 20.6 Å². The Morgan fingerprint density at radius 3 is 2.39 bits per heavy atom. The molecule has 9 nitrogen and oxygen atoms in total. The summed E-state index contributed by atoms with van der Waals surface area (Å²) in [7, 11) is 1.58. The third-order valence-corrected chi connectivity index (χ3v) is 7.56. The Morgan fingerprint density at radius 1 is 1.19 bits per heavy atom. The number of carbonyl (C=O) groups is 2. The largest absolute Gasteiger partial charge is 0.480 e. The Labute approximate surface area is 216 Å². The van der Waals surface area contributed by atoms with E-state index in [9.17, 15) is 24.0 Å². The molecule has 12 heteroatoms. The van der Waals surface area contributed by atoms with Crippen LogP contribution < -0.4 is 15.4 Å². The SMILES string of the molecule is Cc1c(C=C2SC(=S)N(CC(=O)O)C2=O)c(N2CCN(c3ccc(F)cc3)CC2)n(C)c(=O)c1C#N. The summed E-state index contributed by atoms with van der Waals surface area (Å²) in [5.41, 5.74) is 1.38. The van der Waals surface area contributed by atoms with Crippen molar-refractivity contribution in [3.8, 4) is 6.07 Å². The average Bonchev–Trinajstić information content (AvgIpc) is 3.11. The first-order chi connectivity index (χ1) is 17.1. The predicted octanol–water partition coefficient (Wildman–Crippen LogP) is 2.32. The molecular weight excluding hydrogens is 505 g/mol. The lowest BCUT2D eigenvalue weighted by molar-refractivity contribution is -0.140. The highest BCUT2D eigenvalue weighted by Crippen LogP contribution is 2.36. The highest BCUT2D eigenvalue weighted by atomic mass is 32.2. The summed E-state index contributed by atoms with van der Waals surface area (Å²) in [5, 5.41) is 18.7. The number of carboxylic acids is 1. The Hall–Kier alpha value is -3.69. The third kappa shape index (κ3) is 4.72. The maximum absolute atomic E-state index is 13.3. The zero-order chi connectivity index (χ0) is 26.1. The summed E-state index contributed by atoms with van der Waals surface area (Å²) < 4.78 is 14.9. The fourth-order valence-corrected chi connectivity index (χ4v) is 5.56. The van der Waals surface area contributed by atoms with Crippen molar-refractivity contribution in [1.82, 2.24) is 9.47 Å². The van der Waals surface area contributed by atoms with Gasteiger partial charge < -0.3 is 14.9 Å². The van der Waals surface area contributed by atoms with Gasteiger partial charge in [-0.3, -0.25) is 23.9 Å². The lowest BCUT2D eigenvalue weighted by Gasteiger charge is -2.38. The second kappa shape index (κ2) is 10.1. The van der Waals surface area contributed by atoms with Crippen molar-refractivity contribution in [2.75, 3.05) is 42.5 Å². The van der Waals surface area contributed by atoms with Crippen LogP contribution in [0.5, 0.6) is 0 Å². The van der Waals surface area contributed by atoms with Gasteiger partial charge >= 0.3 is 5.97 Å². The fourth-order valence-electron chi connectivity index (χ4n) is 4.33. The van der Waals surface area contributed by atoms with E-state index in [0.717, 1.165) is 22.3 Å². The van der Waals surface area contributed by atoms with Crippen molar-refractivity contribution >= 4 is 57.8 Å².